The number of hydrogen-bond donors (Lipinski definition) is 1. The van der Waals surface area contributed by atoms with Crippen LogP contribution in [-0.2, 0) is 11.3 Å². The van der Waals surface area contributed by atoms with Gasteiger partial charge in [-0.05, 0) is 47.0 Å². The van der Waals surface area contributed by atoms with Crippen molar-refractivity contribution in [2.45, 2.75) is 26.0 Å². The Kier molecular flexibility index (Phi) is 5.78. The van der Waals surface area contributed by atoms with Gasteiger partial charge in [0, 0.05) is 17.4 Å². The summed E-state index contributed by atoms with van der Waals surface area (Å²) >= 11 is 13.6. The van der Waals surface area contributed by atoms with Crippen molar-refractivity contribution < 1.29 is 9.53 Å². The molecular formula is C18H16Cl2N2O2S. The number of ether oxygens (including phenoxy) is 1. The van der Waals surface area contributed by atoms with E-state index in [-0.39, 0.29) is 16.8 Å². The van der Waals surface area contributed by atoms with E-state index in [0.29, 0.717) is 18.0 Å². The van der Waals surface area contributed by atoms with Gasteiger partial charge in [-0.1, -0.05) is 36.2 Å². The lowest BCUT2D eigenvalue weighted by atomic mass is 10.1. The number of rotatable bonds is 6. The molecule has 0 bridgehead atoms. The minimum Gasteiger partial charge on any atom is -0.463 e. The summed E-state index contributed by atoms with van der Waals surface area (Å²) in [6.07, 6.45) is 1.26. The number of amides is 1. The van der Waals surface area contributed by atoms with Crippen LogP contribution in [0.3, 0.4) is 0 Å². The molecule has 1 aromatic carbocycles. The van der Waals surface area contributed by atoms with E-state index in [1.54, 1.807) is 11.3 Å². The zero-order chi connectivity index (χ0) is 17.8. The Morgan fingerprint density at radius 3 is 2.92 bits per heavy atom. The summed E-state index contributed by atoms with van der Waals surface area (Å²) in [6, 6.07) is 9.75. The zero-order valence-corrected chi connectivity index (χ0v) is 15.8. The van der Waals surface area contributed by atoms with Crippen LogP contribution in [0.2, 0.25) is 10.0 Å². The van der Waals surface area contributed by atoms with Crippen molar-refractivity contribution in [2.75, 3.05) is 0 Å². The topological polar surface area (TPSA) is 51.2 Å². The fourth-order valence-electron chi connectivity index (χ4n) is 2.37. The van der Waals surface area contributed by atoms with Gasteiger partial charge in [-0.3, -0.25) is 4.79 Å². The maximum atomic E-state index is 12.4. The third-order valence-corrected chi connectivity index (χ3v) is 5.05. The van der Waals surface area contributed by atoms with Gasteiger partial charge in [0.15, 0.2) is 6.10 Å². The van der Waals surface area contributed by atoms with Crippen molar-refractivity contribution in [1.29, 1.82) is 0 Å². The summed E-state index contributed by atoms with van der Waals surface area (Å²) in [4.78, 5) is 16.4. The Morgan fingerprint density at radius 2 is 2.16 bits per heavy atom. The highest BCUT2D eigenvalue weighted by atomic mass is 35.5. The largest absolute Gasteiger partial charge is 0.463 e. The third-order valence-electron chi connectivity index (χ3n) is 3.67. The van der Waals surface area contributed by atoms with Gasteiger partial charge in [-0.2, -0.15) is 0 Å². The van der Waals surface area contributed by atoms with Gasteiger partial charge < -0.3 is 10.1 Å². The smallest absolute Gasteiger partial charge is 0.261 e. The number of nitrogens with one attached hydrogen (secondary N) is 1. The number of fused-ring (bicyclic) bond motifs is 1. The first-order chi connectivity index (χ1) is 12.1. The molecule has 0 aliphatic heterocycles. The van der Waals surface area contributed by atoms with Gasteiger partial charge in [-0.25, -0.2) is 4.98 Å². The number of nitrogens with zero attached hydrogens (tertiary/aromatic N) is 1. The van der Waals surface area contributed by atoms with Gasteiger partial charge in [0.25, 0.3) is 5.91 Å². The van der Waals surface area contributed by atoms with Crippen molar-refractivity contribution in [3.05, 3.63) is 57.5 Å². The van der Waals surface area contributed by atoms with Crippen molar-refractivity contribution in [3.63, 3.8) is 0 Å². The number of benzene rings is 1. The summed E-state index contributed by atoms with van der Waals surface area (Å²) in [7, 11) is 0. The van der Waals surface area contributed by atoms with E-state index in [2.05, 4.69) is 33.9 Å². The lowest BCUT2D eigenvalue weighted by molar-refractivity contribution is -0.128. The Balaban J connectivity index is 1.63. The Hall–Kier alpha value is -1.82. The van der Waals surface area contributed by atoms with Crippen molar-refractivity contribution in [3.8, 4) is 5.88 Å². The second-order valence-electron chi connectivity index (χ2n) is 5.47. The molecule has 0 unspecified atom stereocenters. The molecule has 1 atom stereocenters. The van der Waals surface area contributed by atoms with Crippen LogP contribution in [0, 0.1) is 0 Å². The number of thiophene rings is 1. The van der Waals surface area contributed by atoms with E-state index in [0.717, 1.165) is 5.56 Å². The number of hydrogen-bond acceptors (Lipinski definition) is 4. The van der Waals surface area contributed by atoms with E-state index in [4.69, 9.17) is 27.9 Å². The monoisotopic (exact) mass is 394 g/mol. The normalized spacial score (nSPS) is 12.1. The van der Waals surface area contributed by atoms with Gasteiger partial charge in [0.1, 0.15) is 5.02 Å². The SMILES string of the molecule is CC[C@H](Oc1ncc(Cl)cc1Cl)C(=O)NCc1ccc2sccc2c1. The quantitative estimate of drug-likeness (QED) is 0.634. The van der Waals surface area contributed by atoms with E-state index < -0.39 is 6.10 Å². The number of carbonyl (C=O) groups excluding carboxylic acids is 1. The van der Waals surface area contributed by atoms with Crippen molar-refractivity contribution in [2.24, 2.45) is 0 Å². The van der Waals surface area contributed by atoms with Gasteiger partial charge in [-0.15, -0.1) is 11.3 Å². The molecule has 7 heteroatoms. The van der Waals surface area contributed by atoms with Crippen LogP contribution in [-0.4, -0.2) is 17.0 Å². The molecule has 0 fully saturated rings. The molecule has 1 amide bonds. The average Bonchev–Trinajstić information content (AvgIpc) is 3.07. The predicted molar refractivity (Wildman–Crippen MR) is 103 cm³/mol. The van der Waals surface area contributed by atoms with Crippen molar-refractivity contribution >= 4 is 50.5 Å². The molecule has 0 saturated carbocycles. The Bertz CT molecular complexity index is 898. The Morgan fingerprint density at radius 1 is 1.32 bits per heavy atom. The molecule has 2 heterocycles. The van der Waals surface area contributed by atoms with Crippen LogP contribution in [0.5, 0.6) is 5.88 Å². The minimum absolute atomic E-state index is 0.202. The first-order valence-electron chi connectivity index (χ1n) is 7.78. The highest BCUT2D eigenvalue weighted by Gasteiger charge is 2.20. The summed E-state index contributed by atoms with van der Waals surface area (Å²) in [6.45, 7) is 2.30. The fraction of sp³-hybridized carbons (Fsp3) is 0.222. The summed E-state index contributed by atoms with van der Waals surface area (Å²) < 4.78 is 6.88. The van der Waals surface area contributed by atoms with Gasteiger partial charge >= 0.3 is 0 Å². The van der Waals surface area contributed by atoms with Crippen LogP contribution >= 0.6 is 34.5 Å². The number of pyridine rings is 1. The third kappa shape index (κ3) is 4.42. The van der Waals surface area contributed by atoms with Crippen LogP contribution < -0.4 is 10.1 Å². The lowest BCUT2D eigenvalue weighted by Crippen LogP contribution is -2.37. The lowest BCUT2D eigenvalue weighted by Gasteiger charge is -2.17. The number of halogens is 2. The van der Waals surface area contributed by atoms with E-state index in [1.165, 1.54) is 22.3 Å². The highest BCUT2D eigenvalue weighted by Crippen LogP contribution is 2.26. The standard InChI is InChI=1S/C18H16Cl2N2O2S/c1-2-15(24-18-14(20)8-13(19)10-22-18)17(23)21-9-11-3-4-16-12(7-11)5-6-25-16/h3-8,10,15H,2,9H2,1H3,(H,21,23)/t15-/m0/s1. The second-order valence-corrected chi connectivity index (χ2v) is 7.26. The highest BCUT2D eigenvalue weighted by molar-refractivity contribution is 7.17. The van der Waals surface area contributed by atoms with Crippen LogP contribution in [0.1, 0.15) is 18.9 Å². The van der Waals surface area contributed by atoms with E-state index >= 15 is 0 Å². The molecule has 130 valence electrons. The molecule has 0 saturated heterocycles. The van der Waals surface area contributed by atoms with Gasteiger partial charge in [0.05, 0.1) is 5.02 Å². The molecule has 3 rings (SSSR count). The molecule has 0 aliphatic carbocycles. The van der Waals surface area contributed by atoms with Crippen LogP contribution in [0.15, 0.2) is 41.9 Å². The maximum Gasteiger partial charge on any atom is 0.261 e. The van der Waals surface area contributed by atoms with E-state index in [1.807, 2.05) is 13.0 Å². The molecule has 1 N–H and O–H groups in total. The molecule has 3 aromatic rings. The minimum atomic E-state index is -0.670. The molecule has 2 aromatic heterocycles. The molecule has 0 spiro atoms. The van der Waals surface area contributed by atoms with Crippen molar-refractivity contribution in [1.82, 2.24) is 10.3 Å². The first-order valence-corrected chi connectivity index (χ1v) is 9.42. The summed E-state index contributed by atoms with van der Waals surface area (Å²) in [5.74, 6) is -0.00603. The zero-order valence-electron chi connectivity index (χ0n) is 13.5. The average molecular weight is 395 g/mol. The predicted octanol–water partition coefficient (Wildman–Crippen LogP) is 5.08. The molecule has 25 heavy (non-hydrogen) atoms. The number of carbonyl (C=O) groups is 1. The fourth-order valence-corrected chi connectivity index (χ4v) is 3.57. The summed E-state index contributed by atoms with van der Waals surface area (Å²) in [5, 5.41) is 6.83. The van der Waals surface area contributed by atoms with Crippen LogP contribution in [0.25, 0.3) is 10.1 Å². The molecule has 0 radical (unpaired) electrons. The maximum absolute atomic E-state index is 12.4. The molecule has 4 nitrogen and oxygen atoms in total. The Labute approximate surface area is 159 Å². The molecule has 0 aliphatic rings. The van der Waals surface area contributed by atoms with Gasteiger partial charge in [0.2, 0.25) is 5.88 Å². The van der Waals surface area contributed by atoms with E-state index in [9.17, 15) is 4.79 Å². The molecular weight excluding hydrogens is 379 g/mol. The van der Waals surface area contributed by atoms with Crippen LogP contribution in [0.4, 0.5) is 0 Å². The summed E-state index contributed by atoms with van der Waals surface area (Å²) in [5.41, 5.74) is 1.04. The second kappa shape index (κ2) is 8.04. The number of aromatic nitrogens is 1. The first kappa shape index (κ1) is 18.0.